The van der Waals surface area contributed by atoms with Crippen LogP contribution in [-0.2, 0) is 28.4 Å². The number of ether oxygens (including phenoxy) is 6. The molecule has 4 unspecified atom stereocenters. The average Bonchev–Trinajstić information content (AvgIpc) is 2.96. The van der Waals surface area contributed by atoms with Crippen LogP contribution < -0.4 is 0 Å². The Morgan fingerprint density at radius 3 is 1.85 bits per heavy atom. The van der Waals surface area contributed by atoms with Gasteiger partial charge in [0.25, 0.3) is 0 Å². The fourth-order valence-corrected chi connectivity index (χ4v) is 1.56. The van der Waals surface area contributed by atoms with Gasteiger partial charge in [-0.3, -0.25) is 9.47 Å². The second kappa shape index (κ2) is 2.05. The summed E-state index contributed by atoms with van der Waals surface area (Å²) >= 11 is 0. The van der Waals surface area contributed by atoms with E-state index in [1.807, 2.05) is 0 Å². The third kappa shape index (κ3) is 0.983. The number of fused-ring (bicyclic) bond motifs is 2. The highest BCUT2D eigenvalue weighted by molar-refractivity contribution is 4.85. The molecule has 0 amide bonds. The molecule has 4 atom stereocenters. The van der Waals surface area contributed by atoms with Gasteiger partial charge < -0.3 is 18.9 Å². The second-order valence-electron chi connectivity index (χ2n) is 3.44. The van der Waals surface area contributed by atoms with Crippen LogP contribution in [0.4, 0.5) is 0 Å². The lowest BCUT2D eigenvalue weighted by molar-refractivity contribution is -0.527. The lowest BCUT2D eigenvalue weighted by Crippen LogP contribution is -2.51. The Hall–Kier alpha value is -0.240. The van der Waals surface area contributed by atoms with E-state index in [4.69, 9.17) is 28.4 Å². The Labute approximate surface area is 73.6 Å². The normalized spacial score (nSPS) is 62.8. The molecule has 0 radical (unpaired) electrons. The van der Waals surface area contributed by atoms with Crippen LogP contribution in [0.15, 0.2) is 0 Å². The fourth-order valence-electron chi connectivity index (χ4n) is 1.56. The molecule has 6 nitrogen and oxygen atoms in total. The van der Waals surface area contributed by atoms with E-state index in [0.717, 1.165) is 0 Å². The number of epoxide rings is 2. The summed E-state index contributed by atoms with van der Waals surface area (Å²) in [6.45, 7) is 0.893. The molecule has 6 heteroatoms. The van der Waals surface area contributed by atoms with Gasteiger partial charge in [0.05, 0.1) is 13.2 Å². The van der Waals surface area contributed by atoms with Gasteiger partial charge in [0.15, 0.2) is 12.6 Å². The van der Waals surface area contributed by atoms with Gasteiger partial charge in [0.2, 0.25) is 0 Å². The van der Waals surface area contributed by atoms with Gasteiger partial charge in [-0.2, -0.15) is 0 Å². The van der Waals surface area contributed by atoms with Crippen molar-refractivity contribution in [3.63, 3.8) is 0 Å². The Bertz CT molecular complexity index is 229. The van der Waals surface area contributed by atoms with Crippen molar-refractivity contribution in [3.8, 4) is 0 Å². The lowest BCUT2D eigenvalue weighted by atomic mass is 10.4. The monoisotopic (exact) mass is 188 g/mol. The van der Waals surface area contributed by atoms with Crippen molar-refractivity contribution in [1.29, 1.82) is 0 Å². The van der Waals surface area contributed by atoms with Crippen molar-refractivity contribution < 1.29 is 28.4 Å². The zero-order valence-electron chi connectivity index (χ0n) is 6.67. The summed E-state index contributed by atoms with van der Waals surface area (Å²) in [6.07, 6.45) is -1.73. The molecule has 0 saturated carbocycles. The predicted molar refractivity (Wildman–Crippen MR) is 34.1 cm³/mol. The van der Waals surface area contributed by atoms with Crippen molar-refractivity contribution in [1.82, 2.24) is 0 Å². The van der Waals surface area contributed by atoms with Gasteiger partial charge in [-0.25, -0.2) is 0 Å². The van der Waals surface area contributed by atoms with Gasteiger partial charge in [0, 0.05) is 0 Å². The van der Waals surface area contributed by atoms with E-state index in [1.165, 1.54) is 0 Å². The molecule has 13 heavy (non-hydrogen) atoms. The van der Waals surface area contributed by atoms with Crippen LogP contribution in [0.25, 0.3) is 0 Å². The van der Waals surface area contributed by atoms with Crippen molar-refractivity contribution >= 4 is 0 Å². The van der Waals surface area contributed by atoms with E-state index >= 15 is 0 Å². The Morgan fingerprint density at radius 1 is 0.846 bits per heavy atom. The zero-order valence-corrected chi connectivity index (χ0v) is 6.67. The molecular weight excluding hydrogens is 180 g/mol. The zero-order chi connectivity index (χ0) is 8.47. The maximum absolute atomic E-state index is 5.32. The first-order valence-electron chi connectivity index (χ1n) is 4.29. The summed E-state index contributed by atoms with van der Waals surface area (Å²) in [5.74, 6) is 0. The molecule has 0 aromatic heterocycles. The lowest BCUT2D eigenvalue weighted by Gasteiger charge is -2.34. The highest BCUT2D eigenvalue weighted by atomic mass is 17.1. The molecule has 0 N–H and O–H groups in total. The maximum Gasteiger partial charge on any atom is 0.417 e. The van der Waals surface area contributed by atoms with Gasteiger partial charge in [-0.05, 0) is 0 Å². The molecule has 0 aromatic rings. The third-order valence-corrected chi connectivity index (χ3v) is 2.44. The first-order chi connectivity index (χ1) is 6.35. The molecule has 4 aliphatic rings. The summed E-state index contributed by atoms with van der Waals surface area (Å²) in [4.78, 5) is 0. The fraction of sp³-hybridized carbons (Fsp3) is 1.00. The highest BCUT2D eigenvalue weighted by Gasteiger charge is 2.62. The Kier molecular flexibility index (Phi) is 1.12. The van der Waals surface area contributed by atoms with E-state index in [0.29, 0.717) is 13.2 Å². The van der Waals surface area contributed by atoms with Crippen LogP contribution in [0.2, 0.25) is 0 Å². The smallest absolute Gasteiger partial charge is 0.339 e. The van der Waals surface area contributed by atoms with Gasteiger partial charge >= 0.3 is 6.16 Å². The number of rotatable bonds is 0. The van der Waals surface area contributed by atoms with Crippen LogP contribution in [-0.4, -0.2) is 44.2 Å². The van der Waals surface area contributed by atoms with E-state index < -0.39 is 6.16 Å². The maximum atomic E-state index is 5.32. The summed E-state index contributed by atoms with van der Waals surface area (Å²) in [7, 11) is 0. The van der Waals surface area contributed by atoms with Gasteiger partial charge in [0.1, 0.15) is 12.2 Å². The largest absolute Gasteiger partial charge is 0.417 e. The highest BCUT2D eigenvalue weighted by Crippen LogP contribution is 2.43. The molecule has 0 bridgehead atoms. The molecule has 4 fully saturated rings. The Morgan fingerprint density at radius 2 is 1.38 bits per heavy atom. The molecule has 4 rings (SSSR count). The van der Waals surface area contributed by atoms with Crippen LogP contribution >= 0.6 is 0 Å². The van der Waals surface area contributed by atoms with E-state index in [1.54, 1.807) is 0 Å². The molecule has 1 spiro atoms. The molecule has 0 aliphatic carbocycles. The molecule has 4 aliphatic heterocycles. The minimum Gasteiger partial charge on any atom is -0.339 e. The first-order valence-corrected chi connectivity index (χ1v) is 4.29. The van der Waals surface area contributed by atoms with Crippen molar-refractivity contribution in [2.45, 2.75) is 30.9 Å². The standard InChI is InChI=1S/C7H8O6/c1-3-5(10-3)12-7(8-1)9-2-4-6(11-4)13-7/h3-6H,1-2H2. The SMILES string of the molecule is C1OC2(OCC3OC3O2)OC2OC12. The van der Waals surface area contributed by atoms with Gasteiger partial charge in [-0.15, -0.1) is 0 Å². The summed E-state index contributed by atoms with van der Waals surface area (Å²) < 4.78 is 31.4. The van der Waals surface area contributed by atoms with Crippen LogP contribution in [0.5, 0.6) is 0 Å². The van der Waals surface area contributed by atoms with Crippen molar-refractivity contribution in [2.24, 2.45) is 0 Å². The van der Waals surface area contributed by atoms with Crippen molar-refractivity contribution in [2.75, 3.05) is 13.2 Å². The summed E-state index contributed by atoms with van der Waals surface area (Å²) in [5.41, 5.74) is 0. The van der Waals surface area contributed by atoms with Crippen molar-refractivity contribution in [3.05, 3.63) is 0 Å². The predicted octanol–water partition coefficient (Wildman–Crippen LogP) is -0.859. The molecule has 4 heterocycles. The van der Waals surface area contributed by atoms with Gasteiger partial charge in [-0.1, -0.05) is 0 Å². The minimum atomic E-state index is -1.37. The Balaban J connectivity index is 1.55. The average molecular weight is 188 g/mol. The van der Waals surface area contributed by atoms with Crippen LogP contribution in [0.3, 0.4) is 0 Å². The number of hydrogen-bond acceptors (Lipinski definition) is 6. The quantitative estimate of drug-likeness (QED) is 0.461. The molecule has 0 aromatic carbocycles. The molecule has 4 saturated heterocycles. The first kappa shape index (κ1) is 7.10. The van der Waals surface area contributed by atoms with E-state index in [2.05, 4.69) is 0 Å². The molecule has 72 valence electrons. The summed E-state index contributed by atoms with van der Waals surface area (Å²) in [5, 5.41) is 0. The summed E-state index contributed by atoms with van der Waals surface area (Å²) in [6, 6.07) is 0. The van der Waals surface area contributed by atoms with E-state index in [-0.39, 0.29) is 24.8 Å². The van der Waals surface area contributed by atoms with Crippen LogP contribution in [0, 0.1) is 0 Å². The van der Waals surface area contributed by atoms with E-state index in [9.17, 15) is 0 Å². The van der Waals surface area contributed by atoms with Crippen LogP contribution in [0.1, 0.15) is 0 Å². The third-order valence-electron chi connectivity index (χ3n) is 2.44. The molecular formula is C7H8O6. The second-order valence-corrected chi connectivity index (χ2v) is 3.44. The topological polar surface area (TPSA) is 62.0 Å². The number of hydrogen-bond donors (Lipinski definition) is 0. The minimum absolute atomic E-state index is 0.0515.